The van der Waals surface area contributed by atoms with Crippen LogP contribution in [0.3, 0.4) is 0 Å². The molecule has 6 nitrogen and oxygen atoms in total. The van der Waals surface area contributed by atoms with E-state index in [1.54, 1.807) is 6.08 Å². The minimum Gasteiger partial charge on any atom is -0.466 e. The van der Waals surface area contributed by atoms with Gasteiger partial charge in [-0.3, -0.25) is 9.59 Å². The Kier molecular flexibility index (Phi) is 75.8. The molecule has 0 aromatic carbocycles. The van der Waals surface area contributed by atoms with Crippen molar-refractivity contribution in [2.45, 2.75) is 463 Å². The van der Waals surface area contributed by atoms with Crippen LogP contribution in [0.2, 0.25) is 0 Å². The molecule has 88 heavy (non-hydrogen) atoms. The number of ether oxygens (including phenoxy) is 1. The minimum atomic E-state index is -0.843. The highest BCUT2D eigenvalue weighted by atomic mass is 16.5. The Morgan fingerprint density at radius 3 is 0.807 bits per heavy atom. The first kappa shape index (κ1) is 86.1. The molecule has 0 rings (SSSR count). The number of allylic oxidation sites excluding steroid dienone is 5. The lowest BCUT2D eigenvalue weighted by Crippen LogP contribution is -2.45. The molecule has 0 radical (unpaired) electrons. The summed E-state index contributed by atoms with van der Waals surface area (Å²) in [5, 5.41) is 23.3. The summed E-state index contributed by atoms with van der Waals surface area (Å²) in [5.41, 5.74) is 0. The third-order valence-electron chi connectivity index (χ3n) is 18.9. The van der Waals surface area contributed by atoms with Crippen LogP contribution in [0.4, 0.5) is 0 Å². The van der Waals surface area contributed by atoms with Gasteiger partial charge in [-0.1, -0.05) is 391 Å². The summed E-state index contributed by atoms with van der Waals surface area (Å²) in [6.07, 6.45) is 101. The van der Waals surface area contributed by atoms with Gasteiger partial charge in [-0.05, 0) is 83.5 Å². The Morgan fingerprint density at radius 1 is 0.307 bits per heavy atom. The smallest absolute Gasteiger partial charge is 0.305 e. The van der Waals surface area contributed by atoms with Crippen LogP contribution in [0, 0.1) is 0 Å². The van der Waals surface area contributed by atoms with E-state index in [2.05, 4.69) is 43.5 Å². The van der Waals surface area contributed by atoms with E-state index in [-0.39, 0.29) is 18.5 Å². The molecule has 1 amide bonds. The number of rotatable bonds is 76. The van der Waals surface area contributed by atoms with Gasteiger partial charge in [0, 0.05) is 12.8 Å². The number of aliphatic hydroxyl groups is 2. The lowest BCUT2D eigenvalue weighted by Gasteiger charge is -2.20. The Bertz CT molecular complexity index is 1430. The monoisotopic (exact) mass is 1240 g/mol. The summed E-state index contributed by atoms with van der Waals surface area (Å²) in [7, 11) is 0. The van der Waals surface area contributed by atoms with Crippen molar-refractivity contribution in [3.05, 3.63) is 36.5 Å². The van der Waals surface area contributed by atoms with Crippen LogP contribution in [0.15, 0.2) is 36.5 Å². The van der Waals surface area contributed by atoms with Crippen LogP contribution < -0.4 is 5.32 Å². The second kappa shape index (κ2) is 77.5. The lowest BCUT2D eigenvalue weighted by atomic mass is 10.0. The first-order valence-electron chi connectivity index (χ1n) is 40.3. The molecule has 3 N–H and O–H groups in total. The van der Waals surface area contributed by atoms with E-state index in [9.17, 15) is 19.8 Å². The second-order valence-corrected chi connectivity index (χ2v) is 27.7. The number of aliphatic hydroxyl groups excluding tert-OH is 2. The third-order valence-corrected chi connectivity index (χ3v) is 18.9. The van der Waals surface area contributed by atoms with Crippen molar-refractivity contribution in [1.82, 2.24) is 5.32 Å². The molecule has 0 aromatic rings. The summed E-state index contributed by atoms with van der Waals surface area (Å²) in [4.78, 5) is 24.6. The zero-order valence-corrected chi connectivity index (χ0v) is 59.7. The highest BCUT2D eigenvalue weighted by Gasteiger charge is 2.18. The van der Waals surface area contributed by atoms with Gasteiger partial charge in [0.2, 0.25) is 5.91 Å². The van der Waals surface area contributed by atoms with E-state index in [1.807, 2.05) is 6.08 Å². The van der Waals surface area contributed by atoms with Crippen molar-refractivity contribution in [2.24, 2.45) is 0 Å². The van der Waals surface area contributed by atoms with E-state index in [1.165, 1.54) is 379 Å². The number of esters is 1. The predicted octanol–water partition coefficient (Wildman–Crippen LogP) is 26.6. The fourth-order valence-electron chi connectivity index (χ4n) is 12.7. The van der Waals surface area contributed by atoms with Crippen LogP contribution in [0.5, 0.6) is 0 Å². The maximum Gasteiger partial charge on any atom is 0.305 e. The molecule has 0 bridgehead atoms. The number of hydrogen-bond donors (Lipinski definition) is 3. The first-order valence-corrected chi connectivity index (χ1v) is 40.3. The van der Waals surface area contributed by atoms with Gasteiger partial charge in [0.1, 0.15) is 0 Å². The lowest BCUT2D eigenvalue weighted by molar-refractivity contribution is -0.143. The maximum atomic E-state index is 12.5. The van der Waals surface area contributed by atoms with Crippen molar-refractivity contribution in [3.63, 3.8) is 0 Å². The third kappa shape index (κ3) is 73.1. The zero-order chi connectivity index (χ0) is 63.5. The van der Waals surface area contributed by atoms with Crippen molar-refractivity contribution in [3.8, 4) is 0 Å². The van der Waals surface area contributed by atoms with Gasteiger partial charge in [0.05, 0.1) is 25.4 Å². The quantitative estimate of drug-likeness (QED) is 0.0320. The van der Waals surface area contributed by atoms with Gasteiger partial charge in [0.15, 0.2) is 0 Å². The Labute approximate surface area is 551 Å². The van der Waals surface area contributed by atoms with E-state index < -0.39 is 12.1 Å². The molecule has 0 saturated heterocycles. The van der Waals surface area contributed by atoms with Crippen LogP contribution in [0.1, 0.15) is 450 Å². The predicted molar refractivity (Wildman–Crippen MR) is 389 cm³/mol. The molecule has 0 spiro atoms. The van der Waals surface area contributed by atoms with Crippen LogP contribution in [-0.2, 0) is 14.3 Å². The van der Waals surface area contributed by atoms with E-state index in [0.29, 0.717) is 19.4 Å². The van der Waals surface area contributed by atoms with Gasteiger partial charge in [-0.25, -0.2) is 0 Å². The first-order chi connectivity index (χ1) is 43.5. The minimum absolute atomic E-state index is 0.0121. The number of carbonyl (C=O) groups excluding carboxylic acids is 2. The molecule has 0 aliphatic carbocycles. The zero-order valence-electron chi connectivity index (χ0n) is 59.7. The summed E-state index contributed by atoms with van der Waals surface area (Å²) in [5.74, 6) is -0.0476. The molecule has 520 valence electrons. The topological polar surface area (TPSA) is 95.9 Å². The highest BCUT2D eigenvalue weighted by molar-refractivity contribution is 5.76. The summed E-state index contributed by atoms with van der Waals surface area (Å²) in [6, 6.07) is -0.626. The largest absolute Gasteiger partial charge is 0.466 e. The van der Waals surface area contributed by atoms with Crippen molar-refractivity contribution in [2.75, 3.05) is 13.2 Å². The Morgan fingerprint density at radius 2 is 0.534 bits per heavy atom. The number of carbonyl (C=O) groups is 2. The molecule has 0 saturated carbocycles. The molecular weight excluding hydrogens is 1080 g/mol. The molecule has 2 atom stereocenters. The van der Waals surface area contributed by atoms with E-state index in [0.717, 1.165) is 44.9 Å². The SMILES string of the molecule is CCCCCCC/C=C\CCCCCCCC(=O)OCCCCCCCCCCCCCCCC/C=C\CCCCCCCCCCCCCCCCCCCC(=O)NC(CO)C(O)/C=C/CCCCCCCCCCCCCCCCCCCCCC. The second-order valence-electron chi connectivity index (χ2n) is 27.7. The molecule has 0 aliphatic heterocycles. The number of unbranched alkanes of at least 4 members (excludes halogenated alkanes) is 61. The summed E-state index contributed by atoms with van der Waals surface area (Å²) in [6.45, 7) is 4.94. The molecule has 2 unspecified atom stereocenters. The molecule has 0 aliphatic rings. The van der Waals surface area contributed by atoms with Gasteiger partial charge in [0.25, 0.3) is 0 Å². The van der Waals surface area contributed by atoms with Gasteiger partial charge >= 0.3 is 5.97 Å². The van der Waals surface area contributed by atoms with Gasteiger partial charge in [-0.2, -0.15) is 0 Å². The average Bonchev–Trinajstić information content (AvgIpc) is 3.58. The van der Waals surface area contributed by atoms with Crippen LogP contribution in [0.25, 0.3) is 0 Å². The maximum absolute atomic E-state index is 12.5. The fourth-order valence-corrected chi connectivity index (χ4v) is 12.7. The average molecular weight is 1240 g/mol. The van der Waals surface area contributed by atoms with Crippen LogP contribution in [-0.4, -0.2) is 47.4 Å². The normalized spacial score (nSPS) is 12.6. The molecule has 0 fully saturated rings. The molecular formula is C82H157NO5. The summed E-state index contributed by atoms with van der Waals surface area (Å²) < 4.78 is 5.49. The van der Waals surface area contributed by atoms with E-state index >= 15 is 0 Å². The number of nitrogens with one attached hydrogen (secondary N) is 1. The van der Waals surface area contributed by atoms with Crippen LogP contribution >= 0.6 is 0 Å². The summed E-state index contributed by atoms with van der Waals surface area (Å²) >= 11 is 0. The Balaban J connectivity index is 3.37. The number of amides is 1. The van der Waals surface area contributed by atoms with Gasteiger partial charge < -0.3 is 20.3 Å². The Hall–Kier alpha value is -1.92. The van der Waals surface area contributed by atoms with Crippen molar-refractivity contribution < 1.29 is 24.5 Å². The molecule has 0 heterocycles. The van der Waals surface area contributed by atoms with Gasteiger partial charge in [-0.15, -0.1) is 0 Å². The fraction of sp³-hybridized carbons (Fsp3) is 0.902. The van der Waals surface area contributed by atoms with E-state index in [4.69, 9.17) is 4.74 Å². The standard InChI is InChI=1S/C82H157NO5/c1-3-5-7-9-11-13-15-17-19-20-21-22-38-41-44-47-50-54-58-62-66-70-74-80(85)79(78-84)83-81(86)75-71-67-63-59-55-51-48-45-42-39-36-34-32-30-28-26-24-23-25-27-29-31-33-35-37-40-43-46-49-53-57-61-65-69-73-77-88-82(87)76-72-68-64-60-56-52-18-16-14-12-10-8-6-4-2/h16,18,25,27,70,74,79-80,84-85H,3-15,17,19-24,26,28-69,71-73,75-78H2,1-2H3,(H,83,86)/b18-16-,27-25-,74-70+. The van der Waals surface area contributed by atoms with Crippen molar-refractivity contribution in [1.29, 1.82) is 0 Å². The highest BCUT2D eigenvalue weighted by Crippen LogP contribution is 2.20. The molecule has 0 aromatic heterocycles. The molecule has 6 heteroatoms. The van der Waals surface area contributed by atoms with Crippen molar-refractivity contribution >= 4 is 11.9 Å². The number of hydrogen-bond acceptors (Lipinski definition) is 5.